The maximum absolute atomic E-state index is 13.3. The Labute approximate surface area is 226 Å². The molecule has 10 heteroatoms. The van der Waals surface area contributed by atoms with Gasteiger partial charge in [-0.15, -0.1) is 0 Å². The summed E-state index contributed by atoms with van der Waals surface area (Å²) in [6.45, 7) is 0. The summed E-state index contributed by atoms with van der Waals surface area (Å²) in [5.41, 5.74) is 0.681. The van der Waals surface area contributed by atoms with E-state index in [2.05, 4.69) is 0 Å². The van der Waals surface area contributed by atoms with Crippen molar-refractivity contribution in [3.63, 3.8) is 0 Å². The van der Waals surface area contributed by atoms with Crippen molar-refractivity contribution in [2.45, 2.75) is 6.10 Å². The van der Waals surface area contributed by atoms with Gasteiger partial charge in [-0.1, -0.05) is 41.9 Å². The Morgan fingerprint density at radius 2 is 1.44 bits per heavy atom. The van der Waals surface area contributed by atoms with E-state index < -0.39 is 34.6 Å². The summed E-state index contributed by atoms with van der Waals surface area (Å²) in [6.07, 6.45) is -1.42. The molecule has 0 radical (unpaired) electrons. The van der Waals surface area contributed by atoms with Crippen LogP contribution in [0.3, 0.4) is 0 Å². The lowest BCUT2D eigenvalue weighted by Gasteiger charge is -2.17. The van der Waals surface area contributed by atoms with Crippen molar-refractivity contribution < 1.29 is 28.8 Å². The van der Waals surface area contributed by atoms with Gasteiger partial charge < -0.3 is 4.74 Å². The second kappa shape index (κ2) is 10.3. The highest BCUT2D eigenvalue weighted by molar-refractivity contribution is 6.35. The predicted molar refractivity (Wildman–Crippen MR) is 141 cm³/mol. The number of halogens is 1. The fourth-order valence-corrected chi connectivity index (χ4v) is 4.29. The van der Waals surface area contributed by atoms with Crippen LogP contribution in [0.25, 0.3) is 0 Å². The summed E-state index contributed by atoms with van der Waals surface area (Å²) >= 11 is 5.91. The molecule has 0 saturated heterocycles. The van der Waals surface area contributed by atoms with Crippen LogP contribution in [0.4, 0.5) is 11.4 Å². The van der Waals surface area contributed by atoms with Gasteiger partial charge in [0.05, 0.1) is 27.3 Å². The molecule has 0 bridgehead atoms. The van der Waals surface area contributed by atoms with E-state index in [9.17, 15) is 29.3 Å². The smallest absolute Gasteiger partial charge is 0.339 e. The van der Waals surface area contributed by atoms with E-state index in [0.717, 1.165) is 4.90 Å². The van der Waals surface area contributed by atoms with E-state index in [0.29, 0.717) is 10.7 Å². The number of nitro benzene ring substituents is 1. The zero-order valence-corrected chi connectivity index (χ0v) is 20.7. The van der Waals surface area contributed by atoms with E-state index in [-0.39, 0.29) is 33.5 Å². The number of benzene rings is 4. The van der Waals surface area contributed by atoms with Crippen molar-refractivity contribution in [3.8, 4) is 0 Å². The molecule has 0 unspecified atom stereocenters. The summed E-state index contributed by atoms with van der Waals surface area (Å²) in [7, 11) is 0. The minimum absolute atomic E-state index is 0.00525. The van der Waals surface area contributed by atoms with Crippen LogP contribution in [0, 0.1) is 10.1 Å². The largest absolute Gasteiger partial charge is 0.445 e. The van der Waals surface area contributed by atoms with Crippen molar-refractivity contribution in [2.75, 3.05) is 4.90 Å². The number of ketones is 1. The van der Waals surface area contributed by atoms with Gasteiger partial charge >= 0.3 is 5.97 Å². The van der Waals surface area contributed by atoms with Gasteiger partial charge in [0.15, 0.2) is 6.10 Å². The number of esters is 1. The third-order valence-electron chi connectivity index (χ3n) is 6.14. The van der Waals surface area contributed by atoms with Crippen molar-refractivity contribution in [1.82, 2.24) is 0 Å². The van der Waals surface area contributed by atoms with E-state index in [1.54, 1.807) is 42.5 Å². The van der Waals surface area contributed by atoms with Crippen LogP contribution in [0.15, 0.2) is 97.1 Å². The first-order valence-electron chi connectivity index (χ1n) is 11.6. The van der Waals surface area contributed by atoms with Gasteiger partial charge in [-0.3, -0.25) is 24.5 Å². The monoisotopic (exact) mass is 540 g/mol. The van der Waals surface area contributed by atoms with E-state index in [4.69, 9.17) is 16.3 Å². The molecular formula is C29H17ClN2O7. The van der Waals surface area contributed by atoms with Crippen LogP contribution in [0.1, 0.15) is 53.1 Å². The molecule has 9 nitrogen and oxygen atoms in total. The summed E-state index contributed by atoms with van der Waals surface area (Å²) in [4.78, 5) is 64.0. The number of anilines is 1. The Morgan fingerprint density at radius 1 is 0.795 bits per heavy atom. The van der Waals surface area contributed by atoms with E-state index in [1.807, 2.05) is 0 Å². The number of nitrogens with zero attached hydrogens (tertiary/aromatic N) is 2. The second-order valence-electron chi connectivity index (χ2n) is 8.55. The van der Waals surface area contributed by atoms with Crippen molar-refractivity contribution >= 4 is 46.5 Å². The van der Waals surface area contributed by atoms with Gasteiger partial charge in [0.1, 0.15) is 0 Å². The highest BCUT2D eigenvalue weighted by atomic mass is 35.5. The normalized spacial score (nSPS) is 13.1. The molecule has 192 valence electrons. The molecule has 0 aromatic heterocycles. The lowest BCUT2D eigenvalue weighted by molar-refractivity contribution is -0.384. The van der Waals surface area contributed by atoms with E-state index in [1.165, 1.54) is 54.6 Å². The van der Waals surface area contributed by atoms with Gasteiger partial charge in [0.25, 0.3) is 17.5 Å². The quantitative estimate of drug-likeness (QED) is 0.0949. The Hall–Kier alpha value is -5.15. The Bertz CT molecular complexity index is 1640. The number of nitro groups is 1. The van der Waals surface area contributed by atoms with Crippen molar-refractivity contribution in [1.29, 1.82) is 0 Å². The summed E-state index contributed by atoms with van der Waals surface area (Å²) in [5, 5.41) is 11.5. The number of amides is 2. The molecule has 5 rings (SSSR count). The second-order valence-corrected chi connectivity index (χ2v) is 8.98. The number of rotatable bonds is 7. The van der Waals surface area contributed by atoms with Crippen LogP contribution in [0.5, 0.6) is 0 Å². The number of imide groups is 1. The Kier molecular flexibility index (Phi) is 6.74. The molecule has 4 aromatic carbocycles. The topological polar surface area (TPSA) is 124 Å². The number of carbonyl (C=O) groups excluding carboxylic acids is 4. The number of fused-ring (bicyclic) bond motifs is 1. The number of ether oxygens (including phenoxy) is 1. The SMILES string of the molecule is O=C(O[C@H](C(=O)c1ccccc1)c1ccc([N+](=O)[O-])cc1)c1ccc2c(c1)C(=O)N(c1ccc(Cl)cc1)C2=O. The first-order chi connectivity index (χ1) is 18.7. The average Bonchev–Trinajstić information content (AvgIpc) is 3.21. The fraction of sp³-hybridized carbons (Fsp3) is 0.0345. The van der Waals surface area contributed by atoms with Crippen LogP contribution in [-0.4, -0.2) is 28.5 Å². The molecule has 1 aliphatic rings. The predicted octanol–water partition coefficient (Wildman–Crippen LogP) is 5.83. The highest BCUT2D eigenvalue weighted by Crippen LogP contribution is 2.31. The van der Waals surface area contributed by atoms with Gasteiger partial charge in [0, 0.05) is 28.3 Å². The van der Waals surface area contributed by atoms with Gasteiger partial charge in [0.2, 0.25) is 5.78 Å². The molecule has 4 aromatic rings. The Balaban J connectivity index is 1.45. The first-order valence-corrected chi connectivity index (χ1v) is 12.0. The van der Waals surface area contributed by atoms with Crippen LogP contribution >= 0.6 is 11.6 Å². The number of Topliss-reactive ketones (excluding diaryl/α,β-unsaturated/α-hetero) is 1. The number of carbonyl (C=O) groups is 4. The number of hydrogen-bond acceptors (Lipinski definition) is 7. The standard InChI is InChI=1S/C29H17ClN2O7/c30-20-9-13-21(14-10-20)31-27(34)23-15-8-19(16-24(23)28(31)35)29(36)39-26(25(33)17-4-2-1-3-5-17)18-6-11-22(12-7-18)32(37)38/h1-16,26H/t26-/m0/s1. The lowest BCUT2D eigenvalue weighted by Crippen LogP contribution is -2.29. The molecule has 0 aliphatic carbocycles. The van der Waals surface area contributed by atoms with Gasteiger partial charge in [-0.05, 0) is 54.6 Å². The highest BCUT2D eigenvalue weighted by Gasteiger charge is 2.37. The molecular weight excluding hydrogens is 524 g/mol. The number of non-ortho nitro benzene ring substituents is 1. The third-order valence-corrected chi connectivity index (χ3v) is 6.39. The molecule has 0 spiro atoms. The van der Waals surface area contributed by atoms with Crippen molar-refractivity contribution in [2.24, 2.45) is 0 Å². The summed E-state index contributed by atoms with van der Waals surface area (Å²) in [6, 6.07) is 23.3. The van der Waals surface area contributed by atoms with Crippen LogP contribution in [-0.2, 0) is 4.74 Å². The lowest BCUT2D eigenvalue weighted by atomic mass is 9.99. The molecule has 0 N–H and O–H groups in total. The molecule has 1 atom stereocenters. The first kappa shape index (κ1) is 25.5. The van der Waals surface area contributed by atoms with Gasteiger partial charge in [-0.2, -0.15) is 0 Å². The average molecular weight is 541 g/mol. The maximum atomic E-state index is 13.3. The number of hydrogen-bond donors (Lipinski definition) is 0. The molecule has 1 heterocycles. The fourth-order valence-electron chi connectivity index (χ4n) is 4.17. The zero-order valence-electron chi connectivity index (χ0n) is 19.9. The van der Waals surface area contributed by atoms with Gasteiger partial charge in [-0.25, -0.2) is 9.69 Å². The molecule has 2 amide bonds. The third kappa shape index (κ3) is 4.90. The molecule has 39 heavy (non-hydrogen) atoms. The van der Waals surface area contributed by atoms with Crippen LogP contribution < -0.4 is 4.90 Å². The zero-order chi connectivity index (χ0) is 27.7. The minimum atomic E-state index is -1.42. The summed E-state index contributed by atoms with van der Waals surface area (Å²) in [5.74, 6) is -2.64. The summed E-state index contributed by atoms with van der Waals surface area (Å²) < 4.78 is 5.60. The molecule has 0 fully saturated rings. The van der Waals surface area contributed by atoms with Crippen molar-refractivity contribution in [3.05, 3.63) is 140 Å². The maximum Gasteiger partial charge on any atom is 0.339 e. The minimum Gasteiger partial charge on any atom is -0.445 e. The van der Waals surface area contributed by atoms with Crippen LogP contribution in [0.2, 0.25) is 5.02 Å². The van der Waals surface area contributed by atoms with E-state index >= 15 is 0 Å². The molecule has 0 saturated carbocycles. The molecule has 1 aliphatic heterocycles. The Morgan fingerprint density at radius 3 is 2.08 bits per heavy atom.